The molecule has 1 aliphatic rings. The Morgan fingerprint density at radius 2 is 2.15 bits per heavy atom. The third kappa shape index (κ3) is 4.26. The molecule has 1 fully saturated rings. The van der Waals surface area contributed by atoms with E-state index in [1.165, 1.54) is 10.7 Å². The van der Waals surface area contributed by atoms with Crippen LogP contribution in [0.4, 0.5) is 16.4 Å². The lowest BCUT2D eigenvalue weighted by Gasteiger charge is -2.38. The van der Waals surface area contributed by atoms with Crippen molar-refractivity contribution < 1.29 is 14.5 Å². The summed E-state index contributed by atoms with van der Waals surface area (Å²) in [5, 5.41) is 18.4. The number of nitrogens with zero attached hydrogens (tertiary/aromatic N) is 5. The number of anilines is 1. The first-order chi connectivity index (χ1) is 12.6. The number of carbonyl (C=O) groups is 1. The van der Waals surface area contributed by atoms with Gasteiger partial charge in [0.05, 0.1) is 0 Å². The number of ether oxygens (including phenoxy) is 1. The topological polar surface area (TPSA) is 115 Å². The van der Waals surface area contributed by atoms with Crippen LogP contribution in [0.25, 0.3) is 5.65 Å². The first kappa shape index (κ1) is 18.9. The van der Waals surface area contributed by atoms with Gasteiger partial charge in [0.2, 0.25) is 5.65 Å². The highest BCUT2D eigenvalue weighted by atomic mass is 16.6. The number of nitro groups is 1. The van der Waals surface area contributed by atoms with Gasteiger partial charge in [-0.25, -0.2) is 9.78 Å². The van der Waals surface area contributed by atoms with Gasteiger partial charge in [0, 0.05) is 24.7 Å². The minimum absolute atomic E-state index is 0.0115. The van der Waals surface area contributed by atoms with Gasteiger partial charge in [0.25, 0.3) is 0 Å². The lowest BCUT2D eigenvalue weighted by atomic mass is 9.98. The van der Waals surface area contributed by atoms with Crippen LogP contribution in [0.15, 0.2) is 18.3 Å². The van der Waals surface area contributed by atoms with Crippen molar-refractivity contribution in [3.8, 4) is 0 Å². The summed E-state index contributed by atoms with van der Waals surface area (Å²) in [6.07, 6.45) is 2.24. The van der Waals surface area contributed by atoms with Gasteiger partial charge in [0.1, 0.15) is 11.8 Å². The van der Waals surface area contributed by atoms with E-state index in [1.54, 1.807) is 6.07 Å². The maximum atomic E-state index is 12.0. The number of piperidine rings is 1. The van der Waals surface area contributed by atoms with Gasteiger partial charge in [-0.3, -0.25) is 0 Å². The molecule has 10 nitrogen and oxygen atoms in total. The second-order valence-electron chi connectivity index (χ2n) is 7.74. The number of amides is 1. The summed E-state index contributed by atoms with van der Waals surface area (Å²) in [4.78, 5) is 28.7. The quantitative estimate of drug-likeness (QED) is 0.646. The predicted octanol–water partition coefficient (Wildman–Crippen LogP) is 2.52. The number of imidazole rings is 1. The summed E-state index contributed by atoms with van der Waals surface area (Å²) in [7, 11) is 0. The number of alkyl carbamates (subject to hydrolysis) is 1. The fourth-order valence-corrected chi connectivity index (χ4v) is 3.25. The van der Waals surface area contributed by atoms with E-state index in [9.17, 15) is 14.9 Å². The van der Waals surface area contributed by atoms with Crippen molar-refractivity contribution in [2.24, 2.45) is 0 Å². The Morgan fingerprint density at radius 1 is 1.41 bits per heavy atom. The summed E-state index contributed by atoms with van der Waals surface area (Å²) >= 11 is 0. The predicted molar refractivity (Wildman–Crippen MR) is 98.8 cm³/mol. The molecular weight excluding hydrogens is 352 g/mol. The molecule has 1 saturated heterocycles. The molecule has 3 rings (SSSR count). The van der Waals surface area contributed by atoms with E-state index < -0.39 is 16.6 Å². The minimum atomic E-state index is -0.532. The van der Waals surface area contributed by atoms with Crippen molar-refractivity contribution >= 4 is 23.4 Å². The molecule has 0 bridgehead atoms. The molecule has 0 saturated carbocycles. The highest BCUT2D eigenvalue weighted by Gasteiger charge is 2.30. The highest BCUT2D eigenvalue weighted by Crippen LogP contribution is 2.25. The van der Waals surface area contributed by atoms with Gasteiger partial charge in [-0.15, -0.1) is 0 Å². The molecule has 3 heterocycles. The first-order valence-corrected chi connectivity index (χ1v) is 8.89. The van der Waals surface area contributed by atoms with Crippen molar-refractivity contribution in [1.82, 2.24) is 19.9 Å². The average molecular weight is 376 g/mol. The van der Waals surface area contributed by atoms with Gasteiger partial charge >= 0.3 is 11.9 Å². The molecule has 2 aromatic heterocycles. The third-order valence-electron chi connectivity index (χ3n) is 4.41. The van der Waals surface area contributed by atoms with Crippen LogP contribution in [-0.4, -0.2) is 49.8 Å². The van der Waals surface area contributed by atoms with E-state index in [4.69, 9.17) is 4.74 Å². The van der Waals surface area contributed by atoms with Crippen molar-refractivity contribution in [3.05, 3.63) is 28.4 Å². The highest BCUT2D eigenvalue weighted by molar-refractivity contribution is 5.68. The van der Waals surface area contributed by atoms with Crippen molar-refractivity contribution in [3.63, 3.8) is 0 Å². The number of hydrogen-bond acceptors (Lipinski definition) is 7. The molecule has 1 aliphatic heterocycles. The molecule has 0 radical (unpaired) electrons. The standard InChI is InChI=1S/C17H24N6O4/c1-11-9-12(19-16(24)27-17(2,3)4)7-8-21(11)14-6-5-13-18-10-15(23(25)26)22(13)20-14/h5-6,10-12H,7-9H2,1-4H3,(H,19,24). The number of carbonyl (C=O) groups excluding carboxylic acids is 1. The molecular formula is C17H24N6O4. The van der Waals surface area contributed by atoms with Crippen LogP contribution in [0.3, 0.4) is 0 Å². The number of rotatable bonds is 3. The lowest BCUT2D eigenvalue weighted by molar-refractivity contribution is -0.391. The van der Waals surface area contributed by atoms with Gasteiger partial charge in [-0.2, -0.15) is 0 Å². The molecule has 27 heavy (non-hydrogen) atoms. The Hall–Kier alpha value is -2.91. The van der Waals surface area contributed by atoms with Crippen LogP contribution in [0.5, 0.6) is 0 Å². The monoisotopic (exact) mass is 376 g/mol. The maximum Gasteiger partial charge on any atom is 0.407 e. The zero-order valence-electron chi connectivity index (χ0n) is 15.9. The van der Waals surface area contributed by atoms with Crippen LogP contribution in [-0.2, 0) is 4.74 Å². The number of fused-ring (bicyclic) bond motifs is 1. The van der Waals surface area contributed by atoms with E-state index in [-0.39, 0.29) is 17.9 Å². The van der Waals surface area contributed by atoms with Gasteiger partial charge in [0.15, 0.2) is 5.82 Å². The molecule has 0 aromatic carbocycles. The SMILES string of the molecule is CC1CC(NC(=O)OC(C)(C)C)CCN1c1ccc2ncc([N+](=O)[O-])n2n1. The smallest absolute Gasteiger partial charge is 0.407 e. The van der Waals surface area contributed by atoms with E-state index >= 15 is 0 Å². The molecule has 1 amide bonds. The van der Waals surface area contributed by atoms with E-state index in [1.807, 2.05) is 33.8 Å². The Labute approximate surface area is 156 Å². The Kier molecular flexibility index (Phi) is 4.90. The van der Waals surface area contributed by atoms with Crippen molar-refractivity contribution in [1.29, 1.82) is 0 Å². The third-order valence-corrected chi connectivity index (χ3v) is 4.41. The second-order valence-corrected chi connectivity index (χ2v) is 7.74. The van der Waals surface area contributed by atoms with Crippen LogP contribution < -0.4 is 10.2 Å². The zero-order valence-corrected chi connectivity index (χ0v) is 15.9. The molecule has 2 atom stereocenters. The van der Waals surface area contributed by atoms with Crippen molar-refractivity contribution in [2.45, 2.75) is 58.2 Å². The second kappa shape index (κ2) is 7.01. The maximum absolute atomic E-state index is 12.0. The molecule has 2 aromatic rings. The average Bonchev–Trinajstić information content (AvgIpc) is 2.96. The first-order valence-electron chi connectivity index (χ1n) is 8.89. The summed E-state index contributed by atoms with van der Waals surface area (Å²) in [6, 6.07) is 3.64. The molecule has 10 heteroatoms. The number of nitrogens with one attached hydrogen (secondary N) is 1. The fraction of sp³-hybridized carbons (Fsp3) is 0.588. The Balaban J connectivity index is 1.69. The zero-order chi connectivity index (χ0) is 19.8. The normalized spacial score (nSPS) is 20.5. The Bertz CT molecular complexity index is 859. The van der Waals surface area contributed by atoms with Gasteiger partial charge in [-0.1, -0.05) is 9.61 Å². The summed E-state index contributed by atoms with van der Waals surface area (Å²) in [5.74, 6) is 0.479. The molecule has 2 unspecified atom stereocenters. The summed E-state index contributed by atoms with van der Waals surface area (Å²) in [5.41, 5.74) is -0.102. The largest absolute Gasteiger partial charge is 0.444 e. The fourth-order valence-electron chi connectivity index (χ4n) is 3.25. The minimum Gasteiger partial charge on any atom is -0.444 e. The van der Waals surface area contributed by atoms with E-state index in [0.29, 0.717) is 18.0 Å². The lowest BCUT2D eigenvalue weighted by Crippen LogP contribution is -2.50. The number of aromatic nitrogens is 3. The van der Waals surface area contributed by atoms with Gasteiger partial charge in [-0.05, 0) is 51.5 Å². The molecule has 0 spiro atoms. The summed E-state index contributed by atoms with van der Waals surface area (Å²) < 4.78 is 6.56. The van der Waals surface area contributed by atoms with E-state index in [2.05, 4.69) is 20.3 Å². The molecule has 1 N–H and O–H groups in total. The van der Waals surface area contributed by atoms with Crippen LogP contribution in [0.1, 0.15) is 40.5 Å². The van der Waals surface area contributed by atoms with E-state index in [0.717, 1.165) is 12.8 Å². The molecule has 146 valence electrons. The van der Waals surface area contributed by atoms with Crippen LogP contribution in [0, 0.1) is 10.1 Å². The van der Waals surface area contributed by atoms with Crippen molar-refractivity contribution in [2.75, 3.05) is 11.4 Å². The summed E-state index contributed by atoms with van der Waals surface area (Å²) in [6.45, 7) is 8.19. The van der Waals surface area contributed by atoms with Crippen LogP contribution >= 0.6 is 0 Å². The molecule has 0 aliphatic carbocycles. The number of hydrogen-bond donors (Lipinski definition) is 1. The Morgan fingerprint density at radius 3 is 2.78 bits per heavy atom. The van der Waals surface area contributed by atoms with Gasteiger partial charge < -0.3 is 25.1 Å². The van der Waals surface area contributed by atoms with Crippen LogP contribution in [0.2, 0.25) is 0 Å².